The van der Waals surface area contributed by atoms with Crippen molar-refractivity contribution in [2.24, 2.45) is 28.9 Å². The van der Waals surface area contributed by atoms with Gasteiger partial charge in [0.15, 0.2) is 0 Å². The summed E-state index contributed by atoms with van der Waals surface area (Å²) in [5.74, 6) is 1.80. The summed E-state index contributed by atoms with van der Waals surface area (Å²) in [6, 6.07) is 0. The highest BCUT2D eigenvalue weighted by Crippen LogP contribution is 2.65. The second-order valence-corrected chi connectivity index (χ2v) is 8.62. The zero-order chi connectivity index (χ0) is 19.9. The molecule has 0 spiro atoms. The molecule has 3 aliphatic carbocycles. The Morgan fingerprint density at radius 3 is 2.12 bits per heavy atom. The molecule has 2 N–H and O–H groups in total. The molecule has 26 heavy (non-hydrogen) atoms. The lowest BCUT2D eigenvalue weighted by atomic mass is 9.43. The van der Waals surface area contributed by atoms with E-state index in [4.69, 9.17) is 15.0 Å². The van der Waals surface area contributed by atoms with Gasteiger partial charge in [0.05, 0.1) is 11.7 Å². The van der Waals surface area contributed by atoms with Crippen molar-refractivity contribution in [2.45, 2.75) is 70.8 Å². The molecule has 0 aromatic heterocycles. The van der Waals surface area contributed by atoms with Crippen molar-refractivity contribution in [1.29, 1.82) is 0 Å². The van der Waals surface area contributed by atoms with Crippen molar-refractivity contribution in [3.63, 3.8) is 0 Å². The molecule has 145 valence electrons. The third-order valence-corrected chi connectivity index (χ3v) is 6.47. The number of halogens is 1. The van der Waals surface area contributed by atoms with E-state index in [0.717, 1.165) is 12.3 Å². The number of carbonyl (C=O) groups excluding carboxylic acids is 3. The Morgan fingerprint density at radius 2 is 1.73 bits per heavy atom. The summed E-state index contributed by atoms with van der Waals surface area (Å²) in [6.07, 6.45) is 4.23. The van der Waals surface area contributed by atoms with Crippen molar-refractivity contribution in [2.75, 3.05) is 0 Å². The van der Waals surface area contributed by atoms with Crippen LogP contribution in [0, 0.1) is 23.2 Å². The molecule has 3 saturated carbocycles. The van der Waals surface area contributed by atoms with Gasteiger partial charge in [0.2, 0.25) is 0 Å². The molecular weight excluding hydrogens is 340 g/mol. The van der Waals surface area contributed by atoms with E-state index >= 15 is 0 Å². The Balaban J connectivity index is 0.000000350. The molecule has 4 rings (SSSR count). The largest absolute Gasteiger partial charge is 0.475 e. The van der Waals surface area contributed by atoms with Crippen LogP contribution in [0.2, 0.25) is 0 Å². The minimum Gasteiger partial charge on any atom is -0.404 e. The SMILES string of the molecule is CC(C)[C@H](N)B1O[C@@H]2C[C@@H]3C[C@@H](C3(C)C)[C@]2(C)O1.O=[C]C(F)([C]=O)[C]=O.[HH]. The van der Waals surface area contributed by atoms with Crippen molar-refractivity contribution < 1.29 is 29.5 Å². The first-order valence-corrected chi connectivity index (χ1v) is 8.90. The maximum absolute atomic E-state index is 11.7. The molecular formula is C18H28BFNO5. The summed E-state index contributed by atoms with van der Waals surface area (Å²) < 4.78 is 24.2. The van der Waals surface area contributed by atoms with E-state index in [2.05, 4.69) is 34.6 Å². The second-order valence-electron chi connectivity index (χ2n) is 8.62. The lowest BCUT2D eigenvalue weighted by molar-refractivity contribution is -0.199. The van der Waals surface area contributed by atoms with E-state index in [9.17, 15) is 18.8 Å². The fourth-order valence-electron chi connectivity index (χ4n) is 4.44. The smallest absolute Gasteiger partial charge is 0.404 e. The predicted octanol–water partition coefficient (Wildman–Crippen LogP) is 1.51. The summed E-state index contributed by atoms with van der Waals surface area (Å²) in [6.45, 7) is 11.3. The monoisotopic (exact) mass is 368 g/mol. The Bertz CT molecular complexity index is 556. The van der Waals surface area contributed by atoms with Crippen LogP contribution < -0.4 is 5.73 Å². The van der Waals surface area contributed by atoms with E-state index in [1.807, 2.05) is 0 Å². The molecule has 0 aromatic carbocycles. The molecule has 8 heteroatoms. The van der Waals surface area contributed by atoms with E-state index in [0.29, 0.717) is 36.1 Å². The van der Waals surface area contributed by atoms with Gasteiger partial charge in [-0.25, -0.2) is 4.39 Å². The van der Waals surface area contributed by atoms with Crippen molar-refractivity contribution >= 4 is 26.0 Å². The minimum absolute atomic E-state index is 0. The standard InChI is InChI=1S/C14H26BNO2.C4FO3.H2/c1-8(2)12(16)15-17-11-7-9-6-10(13(9,3)4)14(11,5)18-15;5-4(1-6,2-7)3-8;/h8-12H,6-7,16H2,1-5H3;;1H/t9-,10-,11+,12-,14-;;/m0../s1. The highest BCUT2D eigenvalue weighted by atomic mass is 19.1. The first-order chi connectivity index (χ1) is 11.9. The molecule has 2 bridgehead atoms. The van der Waals surface area contributed by atoms with Gasteiger partial charge in [0, 0.05) is 7.37 Å². The van der Waals surface area contributed by atoms with Crippen LogP contribution >= 0.6 is 0 Å². The van der Waals surface area contributed by atoms with Gasteiger partial charge in [-0.1, -0.05) is 27.7 Å². The Morgan fingerprint density at radius 1 is 1.19 bits per heavy atom. The lowest BCUT2D eigenvalue weighted by Gasteiger charge is -2.64. The zero-order valence-electron chi connectivity index (χ0n) is 15.9. The second kappa shape index (κ2) is 7.13. The summed E-state index contributed by atoms with van der Waals surface area (Å²) in [5.41, 5.74) is 3.21. The van der Waals surface area contributed by atoms with Gasteiger partial charge >= 0.3 is 12.8 Å². The molecule has 6 nitrogen and oxygen atoms in total. The summed E-state index contributed by atoms with van der Waals surface area (Å²) in [4.78, 5) is 27.8. The number of hydrogen-bond donors (Lipinski definition) is 1. The first kappa shape index (κ1) is 21.2. The maximum Gasteiger partial charge on any atom is 0.475 e. The Kier molecular flexibility index (Phi) is 5.81. The third-order valence-electron chi connectivity index (χ3n) is 6.47. The molecule has 4 aliphatic rings. The van der Waals surface area contributed by atoms with Crippen molar-refractivity contribution in [3.05, 3.63) is 0 Å². The van der Waals surface area contributed by atoms with Crippen LogP contribution in [0.1, 0.15) is 48.9 Å². The van der Waals surface area contributed by atoms with Gasteiger partial charge in [-0.2, -0.15) is 0 Å². The number of rotatable bonds is 5. The van der Waals surface area contributed by atoms with Gasteiger partial charge < -0.3 is 15.0 Å². The van der Waals surface area contributed by atoms with Crippen molar-refractivity contribution in [3.8, 4) is 0 Å². The molecule has 1 heterocycles. The van der Waals surface area contributed by atoms with Crippen LogP contribution in [0.25, 0.3) is 0 Å². The van der Waals surface area contributed by atoms with E-state index < -0.39 is 5.67 Å². The molecule has 0 amide bonds. The third kappa shape index (κ3) is 3.39. The topological polar surface area (TPSA) is 95.7 Å². The van der Waals surface area contributed by atoms with Gasteiger partial charge in [0.1, 0.15) is 0 Å². The van der Waals surface area contributed by atoms with Crippen LogP contribution in [0.3, 0.4) is 0 Å². The normalized spacial score (nSPS) is 35.5. The molecule has 0 aromatic rings. The maximum atomic E-state index is 11.7. The molecule has 1 saturated heterocycles. The van der Waals surface area contributed by atoms with Gasteiger partial charge in [0.25, 0.3) is 18.9 Å². The van der Waals surface area contributed by atoms with Crippen LogP contribution in [-0.4, -0.2) is 49.3 Å². The van der Waals surface area contributed by atoms with Crippen LogP contribution in [0.4, 0.5) is 4.39 Å². The molecule has 0 unspecified atom stereocenters. The fourth-order valence-corrected chi connectivity index (χ4v) is 4.44. The molecule has 1 aliphatic heterocycles. The summed E-state index contributed by atoms with van der Waals surface area (Å²) in [7, 11) is -0.213. The lowest BCUT2D eigenvalue weighted by Crippen LogP contribution is -2.65. The average molecular weight is 368 g/mol. The zero-order valence-corrected chi connectivity index (χ0v) is 15.9. The van der Waals surface area contributed by atoms with Crippen LogP contribution in [-0.2, 0) is 23.7 Å². The van der Waals surface area contributed by atoms with E-state index in [-0.39, 0.29) is 26.2 Å². The number of hydrogen-bond acceptors (Lipinski definition) is 6. The van der Waals surface area contributed by atoms with Gasteiger partial charge in [-0.15, -0.1) is 0 Å². The molecule has 3 radical (unpaired) electrons. The fraction of sp³-hybridized carbons (Fsp3) is 0.833. The number of alkyl halides is 1. The highest BCUT2D eigenvalue weighted by molar-refractivity contribution is 6.47. The number of nitrogens with two attached hydrogens (primary N) is 1. The van der Waals surface area contributed by atoms with Crippen LogP contribution in [0.5, 0.6) is 0 Å². The Labute approximate surface area is 156 Å². The molecule has 5 atom stereocenters. The molecule has 4 fully saturated rings. The van der Waals surface area contributed by atoms with Crippen molar-refractivity contribution in [1.82, 2.24) is 0 Å². The Hall–Kier alpha value is -1.12. The van der Waals surface area contributed by atoms with Gasteiger partial charge in [-0.3, -0.25) is 14.4 Å². The summed E-state index contributed by atoms with van der Waals surface area (Å²) >= 11 is 0. The average Bonchev–Trinajstić information content (AvgIpc) is 2.97. The van der Waals surface area contributed by atoms with E-state index in [1.165, 1.54) is 6.42 Å². The quantitative estimate of drug-likeness (QED) is 0.584. The van der Waals surface area contributed by atoms with Gasteiger partial charge in [-0.05, 0) is 42.9 Å². The minimum atomic E-state index is -3.29. The predicted molar refractivity (Wildman–Crippen MR) is 96.0 cm³/mol. The van der Waals surface area contributed by atoms with E-state index in [1.54, 1.807) is 0 Å². The summed E-state index contributed by atoms with van der Waals surface area (Å²) in [5, 5.41) is 0. The highest BCUT2D eigenvalue weighted by Gasteiger charge is 2.68. The first-order valence-electron chi connectivity index (χ1n) is 8.90. The van der Waals surface area contributed by atoms with Crippen LogP contribution in [0.15, 0.2) is 0 Å².